The summed E-state index contributed by atoms with van der Waals surface area (Å²) in [5, 5.41) is 13.9. The lowest BCUT2D eigenvalue weighted by Gasteiger charge is -2.28. The van der Waals surface area contributed by atoms with Gasteiger partial charge in [0.05, 0.1) is 41.1 Å². The summed E-state index contributed by atoms with van der Waals surface area (Å²) < 4.78 is 19.8. The molecule has 1 amide bonds. The second kappa shape index (κ2) is 10.6. The fourth-order valence-electron chi connectivity index (χ4n) is 5.87. The maximum Gasteiger partial charge on any atom is 0.263 e. The van der Waals surface area contributed by atoms with Crippen LogP contribution in [-0.4, -0.2) is 69.5 Å². The van der Waals surface area contributed by atoms with Crippen molar-refractivity contribution in [2.45, 2.75) is 26.4 Å². The summed E-state index contributed by atoms with van der Waals surface area (Å²) in [5.41, 5.74) is 1.20. The van der Waals surface area contributed by atoms with E-state index in [9.17, 15) is 19.5 Å². The molecule has 3 aromatic heterocycles. The molecular formula is C29H27ClN6O7. The van der Waals surface area contributed by atoms with Crippen molar-refractivity contribution >= 4 is 46.3 Å². The summed E-state index contributed by atoms with van der Waals surface area (Å²) >= 11 is 6.40. The van der Waals surface area contributed by atoms with E-state index in [0.717, 1.165) is 0 Å². The van der Waals surface area contributed by atoms with Crippen molar-refractivity contribution in [3.63, 3.8) is 0 Å². The van der Waals surface area contributed by atoms with Crippen molar-refractivity contribution in [3.05, 3.63) is 51.3 Å². The Labute approximate surface area is 249 Å². The van der Waals surface area contributed by atoms with Crippen LogP contribution >= 0.6 is 11.6 Å². The van der Waals surface area contributed by atoms with Gasteiger partial charge in [-0.15, -0.1) is 0 Å². The number of rotatable bonds is 6. The van der Waals surface area contributed by atoms with Gasteiger partial charge in [-0.1, -0.05) is 18.5 Å². The van der Waals surface area contributed by atoms with E-state index in [4.69, 9.17) is 30.8 Å². The molecule has 1 saturated heterocycles. The lowest BCUT2D eigenvalue weighted by Crippen LogP contribution is -2.36. The van der Waals surface area contributed by atoms with Crippen molar-refractivity contribution in [2.75, 3.05) is 43.3 Å². The number of phenols is 1. The fraction of sp³-hybridized carbons (Fsp3) is 0.345. The molecule has 0 saturated carbocycles. The lowest BCUT2D eigenvalue weighted by molar-refractivity contribution is -0.116. The number of aldehydes is 1. The summed E-state index contributed by atoms with van der Waals surface area (Å²) in [6.45, 7) is 4.71. The first kappa shape index (κ1) is 27.2. The van der Waals surface area contributed by atoms with E-state index >= 15 is 0 Å². The number of phenolic OH excluding ortho intramolecular Hbond substituents is 1. The molecule has 0 radical (unpaired) electrons. The highest BCUT2D eigenvalue weighted by molar-refractivity contribution is 6.33. The van der Waals surface area contributed by atoms with Crippen LogP contribution in [0.3, 0.4) is 0 Å². The zero-order valence-corrected chi connectivity index (χ0v) is 23.9. The van der Waals surface area contributed by atoms with E-state index in [2.05, 4.69) is 15.2 Å². The van der Waals surface area contributed by atoms with Crippen LogP contribution in [0, 0.1) is 5.92 Å². The van der Waals surface area contributed by atoms with Crippen molar-refractivity contribution in [1.29, 1.82) is 0 Å². The average Bonchev–Trinajstić information content (AvgIpc) is 3.73. The number of aromatic hydroxyl groups is 1. The van der Waals surface area contributed by atoms with Crippen LogP contribution in [0.15, 0.2) is 29.3 Å². The van der Waals surface area contributed by atoms with Crippen LogP contribution < -0.4 is 25.2 Å². The van der Waals surface area contributed by atoms with Crippen molar-refractivity contribution < 1.29 is 28.9 Å². The standard InChI is InChI=1S/C29H27ClN6O7/c1-15-6-22-33-28-24(29(40)36(22)10-15)18(17-7-16(13-37)25(39)27-26(17)42-14-43-27)11-35(28)12-23(38)32-20-8-21(31-9-19(20)30)34-2-4-41-5-3-34/h7-9,11,13,15,39H,2-6,10,12,14H2,1H3,(H,31,32,38). The van der Waals surface area contributed by atoms with E-state index < -0.39 is 5.91 Å². The SMILES string of the molecule is CC1Cc2nc3c(c(-c4cc(C=O)c(O)c5c4OCO5)cn3CC(=O)Nc3cc(N4CCOCC4)ncc3Cl)c(=O)n2C1. The molecule has 0 bridgehead atoms. The molecule has 14 heteroatoms. The number of benzene rings is 1. The van der Waals surface area contributed by atoms with E-state index in [1.807, 2.05) is 6.92 Å². The molecular weight excluding hydrogens is 580 g/mol. The van der Waals surface area contributed by atoms with E-state index in [0.29, 0.717) is 79.7 Å². The maximum atomic E-state index is 13.9. The van der Waals surface area contributed by atoms with Gasteiger partial charge in [0.1, 0.15) is 23.8 Å². The topological polar surface area (TPSA) is 150 Å². The number of amides is 1. The molecule has 1 aromatic carbocycles. The van der Waals surface area contributed by atoms with Crippen LogP contribution in [0.4, 0.5) is 11.5 Å². The molecule has 4 aromatic rings. The number of morpholine rings is 1. The molecule has 2 N–H and O–H groups in total. The van der Waals surface area contributed by atoms with Crippen LogP contribution in [-0.2, 0) is 29.0 Å². The Bertz CT molecular complexity index is 1860. The minimum Gasteiger partial charge on any atom is -0.504 e. The minimum atomic E-state index is -0.399. The minimum absolute atomic E-state index is 0.0180. The second-order valence-electron chi connectivity index (χ2n) is 10.8. The predicted octanol–water partition coefficient (Wildman–Crippen LogP) is 2.83. The van der Waals surface area contributed by atoms with Gasteiger partial charge in [-0.05, 0) is 12.0 Å². The normalized spacial score (nSPS) is 17.3. The van der Waals surface area contributed by atoms with Gasteiger partial charge in [0.2, 0.25) is 18.4 Å². The smallest absolute Gasteiger partial charge is 0.263 e. The van der Waals surface area contributed by atoms with Gasteiger partial charge in [0.15, 0.2) is 17.8 Å². The Morgan fingerprint density at radius 2 is 2.00 bits per heavy atom. The van der Waals surface area contributed by atoms with Gasteiger partial charge in [0, 0.05) is 49.4 Å². The van der Waals surface area contributed by atoms with E-state index in [1.165, 1.54) is 12.3 Å². The van der Waals surface area contributed by atoms with Gasteiger partial charge in [-0.2, -0.15) is 0 Å². The van der Waals surface area contributed by atoms with Gasteiger partial charge in [0.25, 0.3) is 5.56 Å². The zero-order valence-electron chi connectivity index (χ0n) is 23.1. The Balaban J connectivity index is 1.30. The molecule has 3 aliphatic rings. The largest absolute Gasteiger partial charge is 0.504 e. The molecule has 3 aliphatic heterocycles. The third-order valence-corrected chi connectivity index (χ3v) is 8.21. The summed E-state index contributed by atoms with van der Waals surface area (Å²) in [7, 11) is 0. The molecule has 7 rings (SSSR count). The highest BCUT2D eigenvalue weighted by atomic mass is 35.5. The quantitative estimate of drug-likeness (QED) is 0.314. The summed E-state index contributed by atoms with van der Waals surface area (Å²) in [4.78, 5) is 50.4. The average molecular weight is 607 g/mol. The van der Waals surface area contributed by atoms with Crippen molar-refractivity contribution in [3.8, 4) is 28.4 Å². The number of hydrogen-bond donors (Lipinski definition) is 2. The molecule has 222 valence electrons. The lowest BCUT2D eigenvalue weighted by atomic mass is 10.0. The number of carbonyl (C=O) groups is 2. The Morgan fingerprint density at radius 1 is 1.21 bits per heavy atom. The van der Waals surface area contributed by atoms with Gasteiger partial charge < -0.3 is 34.1 Å². The predicted molar refractivity (Wildman–Crippen MR) is 156 cm³/mol. The number of nitrogens with one attached hydrogen (secondary N) is 1. The number of anilines is 2. The third kappa shape index (κ3) is 4.64. The molecule has 6 heterocycles. The fourth-order valence-corrected chi connectivity index (χ4v) is 6.02. The summed E-state index contributed by atoms with van der Waals surface area (Å²) in [5.74, 6) is 0.999. The molecule has 1 fully saturated rings. The first-order valence-corrected chi connectivity index (χ1v) is 14.2. The maximum absolute atomic E-state index is 13.9. The van der Waals surface area contributed by atoms with Gasteiger partial charge >= 0.3 is 0 Å². The van der Waals surface area contributed by atoms with Crippen LogP contribution in [0.25, 0.3) is 22.2 Å². The number of halogens is 1. The third-order valence-electron chi connectivity index (χ3n) is 7.91. The number of nitrogens with zero attached hydrogens (tertiary/aromatic N) is 5. The monoisotopic (exact) mass is 606 g/mol. The summed E-state index contributed by atoms with van der Waals surface area (Å²) in [6, 6.07) is 3.17. The first-order chi connectivity index (χ1) is 20.8. The Morgan fingerprint density at radius 3 is 2.79 bits per heavy atom. The number of carbonyl (C=O) groups excluding carboxylic acids is 2. The van der Waals surface area contributed by atoms with E-state index in [-0.39, 0.29) is 58.0 Å². The van der Waals surface area contributed by atoms with E-state index in [1.54, 1.807) is 21.4 Å². The highest BCUT2D eigenvalue weighted by Crippen LogP contribution is 2.49. The molecule has 0 spiro atoms. The van der Waals surface area contributed by atoms with Gasteiger partial charge in [-0.3, -0.25) is 19.0 Å². The highest BCUT2D eigenvalue weighted by Gasteiger charge is 2.31. The molecule has 1 atom stereocenters. The van der Waals surface area contributed by atoms with Gasteiger partial charge in [-0.25, -0.2) is 9.97 Å². The summed E-state index contributed by atoms with van der Waals surface area (Å²) in [6.07, 6.45) is 4.25. The number of pyridine rings is 1. The second-order valence-corrected chi connectivity index (χ2v) is 11.2. The number of fused-ring (bicyclic) bond motifs is 3. The molecule has 43 heavy (non-hydrogen) atoms. The van der Waals surface area contributed by atoms with Crippen LogP contribution in [0.5, 0.6) is 17.2 Å². The van der Waals surface area contributed by atoms with Crippen LogP contribution in [0.1, 0.15) is 23.1 Å². The Kier molecular flexibility index (Phi) is 6.70. The van der Waals surface area contributed by atoms with Crippen molar-refractivity contribution in [2.24, 2.45) is 5.92 Å². The molecule has 13 nitrogen and oxygen atoms in total. The number of ether oxygens (including phenoxy) is 3. The zero-order chi connectivity index (χ0) is 29.8. The first-order valence-electron chi connectivity index (χ1n) is 13.8. The Hall–Kier alpha value is -4.62. The molecule has 0 aliphatic carbocycles. The van der Waals surface area contributed by atoms with Crippen molar-refractivity contribution in [1.82, 2.24) is 19.1 Å². The molecule has 1 unspecified atom stereocenters. The van der Waals surface area contributed by atoms with Crippen LogP contribution in [0.2, 0.25) is 5.02 Å². The number of aromatic nitrogens is 4. The number of hydrogen-bond acceptors (Lipinski definition) is 10.